The normalized spacial score (nSPS) is 24.7. The number of carbonyl (C=O) groups excluding carboxylic acids is 1. The molecular formula is C22H34N4O6S. The van der Waals surface area contributed by atoms with Crippen molar-refractivity contribution in [3.8, 4) is 5.88 Å². The number of piperazine rings is 1. The lowest BCUT2D eigenvalue weighted by molar-refractivity contribution is 0.0436. The summed E-state index contributed by atoms with van der Waals surface area (Å²) in [4.78, 5) is 20.9. The molecule has 184 valence electrons. The lowest BCUT2D eigenvalue weighted by Crippen LogP contribution is -2.57. The minimum atomic E-state index is -3.71. The van der Waals surface area contributed by atoms with E-state index in [1.54, 1.807) is 24.1 Å². The molecule has 0 saturated carbocycles. The highest BCUT2D eigenvalue weighted by Gasteiger charge is 2.46. The van der Waals surface area contributed by atoms with Crippen molar-refractivity contribution in [1.82, 2.24) is 19.1 Å². The summed E-state index contributed by atoms with van der Waals surface area (Å²) < 4.78 is 44.1. The van der Waals surface area contributed by atoms with E-state index < -0.39 is 16.1 Å². The molecule has 1 aromatic rings. The van der Waals surface area contributed by atoms with Crippen molar-refractivity contribution >= 4 is 16.1 Å². The number of nitrogens with zero attached hydrogens (tertiary/aromatic N) is 4. The van der Waals surface area contributed by atoms with Crippen LogP contribution in [0.25, 0.3) is 0 Å². The van der Waals surface area contributed by atoms with Gasteiger partial charge in [-0.3, -0.25) is 4.90 Å². The minimum absolute atomic E-state index is 0.107. The van der Waals surface area contributed by atoms with Crippen LogP contribution >= 0.6 is 0 Å². The highest BCUT2D eigenvalue weighted by molar-refractivity contribution is 7.89. The maximum absolute atomic E-state index is 13.3. The summed E-state index contributed by atoms with van der Waals surface area (Å²) in [5, 5.41) is 0. The molecule has 3 saturated heterocycles. The van der Waals surface area contributed by atoms with Gasteiger partial charge in [-0.2, -0.15) is 4.31 Å². The van der Waals surface area contributed by atoms with Crippen molar-refractivity contribution in [2.45, 2.75) is 55.7 Å². The third-order valence-corrected chi connectivity index (χ3v) is 8.60. The van der Waals surface area contributed by atoms with Crippen molar-refractivity contribution in [1.29, 1.82) is 0 Å². The predicted octanol–water partition coefficient (Wildman–Crippen LogP) is 1.57. The number of piperidine rings is 1. The first-order chi connectivity index (χ1) is 15.9. The second-order valence-electron chi connectivity index (χ2n) is 8.81. The first kappa shape index (κ1) is 24.2. The van der Waals surface area contributed by atoms with Gasteiger partial charge in [0.25, 0.3) is 0 Å². The van der Waals surface area contributed by atoms with Gasteiger partial charge in [0.05, 0.1) is 12.8 Å². The van der Waals surface area contributed by atoms with Crippen LogP contribution in [-0.2, 0) is 19.5 Å². The van der Waals surface area contributed by atoms with Gasteiger partial charge in [-0.15, -0.1) is 0 Å². The van der Waals surface area contributed by atoms with Crippen LogP contribution in [0.2, 0.25) is 0 Å². The third kappa shape index (κ3) is 5.42. The zero-order chi connectivity index (χ0) is 23.4. The van der Waals surface area contributed by atoms with Crippen LogP contribution in [0.1, 0.15) is 32.6 Å². The molecule has 3 aliphatic rings. The quantitative estimate of drug-likeness (QED) is 0.515. The van der Waals surface area contributed by atoms with E-state index >= 15 is 0 Å². The van der Waals surface area contributed by atoms with Crippen LogP contribution in [0.15, 0.2) is 23.2 Å². The molecule has 3 fully saturated rings. The minimum Gasteiger partial charge on any atom is -0.474 e. The molecule has 1 amide bonds. The number of rotatable bonds is 8. The van der Waals surface area contributed by atoms with E-state index in [-0.39, 0.29) is 42.8 Å². The van der Waals surface area contributed by atoms with Crippen molar-refractivity contribution in [2.75, 3.05) is 53.0 Å². The van der Waals surface area contributed by atoms with Gasteiger partial charge >= 0.3 is 6.09 Å². The molecule has 11 heteroatoms. The number of methoxy groups -OCH3 is 1. The predicted molar refractivity (Wildman–Crippen MR) is 121 cm³/mol. The SMILES string of the molecule is CCN1CCC(Oc2ccc(S(=O)(=O)N3C[C@H]4CC[C@@H](C3)N4C(=O)OCCOC)cn2)CC1. The Labute approximate surface area is 195 Å². The number of carbonyl (C=O) groups is 1. The zero-order valence-electron chi connectivity index (χ0n) is 19.4. The van der Waals surface area contributed by atoms with Crippen molar-refractivity contribution in [3.05, 3.63) is 18.3 Å². The number of fused-ring (bicyclic) bond motifs is 2. The maximum atomic E-state index is 13.3. The average molecular weight is 483 g/mol. The first-order valence-electron chi connectivity index (χ1n) is 11.7. The molecular weight excluding hydrogens is 448 g/mol. The van der Waals surface area contributed by atoms with Crippen LogP contribution in [0.5, 0.6) is 5.88 Å². The Morgan fingerprint density at radius 2 is 1.79 bits per heavy atom. The van der Waals surface area contributed by atoms with Crippen LogP contribution in [-0.4, -0.2) is 105 Å². The fourth-order valence-corrected chi connectivity index (χ4v) is 6.36. The molecule has 2 bridgehead atoms. The lowest BCUT2D eigenvalue weighted by atomic mass is 10.1. The van der Waals surface area contributed by atoms with Gasteiger partial charge in [-0.1, -0.05) is 6.92 Å². The highest BCUT2D eigenvalue weighted by Crippen LogP contribution is 2.33. The standard InChI is InChI=1S/C22H34N4O6S/c1-3-24-10-8-19(9-11-24)32-21-7-6-20(14-23-21)33(28,29)25-15-17-4-5-18(16-25)26(17)22(27)31-13-12-30-2/h6-7,14,17-19H,3-5,8-13,15-16H2,1-2H3/t17-,18+. The number of hydrogen-bond acceptors (Lipinski definition) is 8. The number of pyridine rings is 1. The molecule has 3 aliphatic heterocycles. The number of ether oxygens (including phenoxy) is 3. The second-order valence-corrected chi connectivity index (χ2v) is 10.7. The number of aromatic nitrogens is 1. The van der Waals surface area contributed by atoms with Crippen molar-refractivity contribution in [3.63, 3.8) is 0 Å². The maximum Gasteiger partial charge on any atom is 0.410 e. The van der Waals surface area contributed by atoms with Gasteiger partial charge in [0, 0.05) is 51.4 Å². The molecule has 0 N–H and O–H groups in total. The summed E-state index contributed by atoms with van der Waals surface area (Å²) in [6.07, 6.45) is 4.49. The smallest absolute Gasteiger partial charge is 0.410 e. The molecule has 0 unspecified atom stereocenters. The molecule has 1 aromatic heterocycles. The first-order valence-corrected chi connectivity index (χ1v) is 13.2. The van der Waals surface area contributed by atoms with E-state index in [2.05, 4.69) is 16.8 Å². The van der Waals surface area contributed by atoms with Crippen LogP contribution in [0, 0.1) is 0 Å². The fraction of sp³-hybridized carbons (Fsp3) is 0.727. The van der Waals surface area contributed by atoms with Gasteiger partial charge < -0.3 is 19.1 Å². The second kappa shape index (κ2) is 10.5. The number of amides is 1. The van der Waals surface area contributed by atoms with Crippen LogP contribution in [0.3, 0.4) is 0 Å². The van der Waals surface area contributed by atoms with Crippen LogP contribution in [0.4, 0.5) is 4.79 Å². The summed E-state index contributed by atoms with van der Waals surface area (Å²) in [6.45, 7) is 6.23. The average Bonchev–Trinajstić information content (AvgIpc) is 3.09. The number of sulfonamides is 1. The van der Waals surface area contributed by atoms with Gasteiger partial charge in [-0.05, 0) is 38.3 Å². The van der Waals surface area contributed by atoms with Gasteiger partial charge in [0.1, 0.15) is 17.6 Å². The Balaban J connectivity index is 1.35. The third-order valence-electron chi connectivity index (χ3n) is 6.79. The Morgan fingerprint density at radius 3 is 2.36 bits per heavy atom. The van der Waals surface area contributed by atoms with Gasteiger partial charge in [-0.25, -0.2) is 18.2 Å². The van der Waals surface area contributed by atoms with E-state index in [4.69, 9.17) is 14.2 Å². The molecule has 0 spiro atoms. The Hall–Kier alpha value is -1.95. The van der Waals surface area contributed by atoms with Crippen molar-refractivity contribution < 1.29 is 27.4 Å². The van der Waals surface area contributed by atoms with Crippen LogP contribution < -0.4 is 4.74 Å². The lowest BCUT2D eigenvalue weighted by Gasteiger charge is -2.39. The summed E-state index contributed by atoms with van der Waals surface area (Å²) >= 11 is 0. The summed E-state index contributed by atoms with van der Waals surface area (Å²) in [6, 6.07) is 2.83. The topological polar surface area (TPSA) is 102 Å². The molecule has 2 atom stereocenters. The summed E-state index contributed by atoms with van der Waals surface area (Å²) in [7, 11) is -2.16. The molecule has 0 aromatic carbocycles. The van der Waals surface area contributed by atoms with Gasteiger partial charge in [0.15, 0.2) is 0 Å². The van der Waals surface area contributed by atoms with E-state index in [0.29, 0.717) is 12.5 Å². The molecule has 0 aliphatic carbocycles. The molecule has 4 rings (SSSR count). The zero-order valence-corrected chi connectivity index (χ0v) is 20.2. The Kier molecular flexibility index (Phi) is 7.72. The number of hydrogen-bond donors (Lipinski definition) is 0. The summed E-state index contributed by atoms with van der Waals surface area (Å²) in [5.74, 6) is 0.451. The Bertz CT molecular complexity index is 890. The fourth-order valence-electron chi connectivity index (χ4n) is 4.90. The van der Waals surface area contributed by atoms with E-state index in [0.717, 1.165) is 45.3 Å². The Morgan fingerprint density at radius 1 is 1.09 bits per heavy atom. The largest absolute Gasteiger partial charge is 0.474 e. The summed E-state index contributed by atoms with van der Waals surface area (Å²) in [5.41, 5.74) is 0. The monoisotopic (exact) mass is 482 g/mol. The number of likely N-dealkylation sites (tertiary alicyclic amines) is 1. The van der Waals surface area contributed by atoms with E-state index in [1.807, 2.05) is 0 Å². The molecule has 33 heavy (non-hydrogen) atoms. The van der Waals surface area contributed by atoms with Crippen molar-refractivity contribution in [2.24, 2.45) is 0 Å². The molecule has 4 heterocycles. The van der Waals surface area contributed by atoms with E-state index in [9.17, 15) is 13.2 Å². The molecule has 0 radical (unpaired) electrons. The van der Waals surface area contributed by atoms with E-state index in [1.165, 1.54) is 10.5 Å². The highest BCUT2D eigenvalue weighted by atomic mass is 32.2. The molecule has 10 nitrogen and oxygen atoms in total. The van der Waals surface area contributed by atoms with Gasteiger partial charge in [0.2, 0.25) is 15.9 Å².